The van der Waals surface area contributed by atoms with Crippen molar-refractivity contribution in [3.05, 3.63) is 71.0 Å². The molecule has 0 fully saturated rings. The summed E-state index contributed by atoms with van der Waals surface area (Å²) < 4.78 is 13.8. The first-order valence-electron chi connectivity index (χ1n) is 7.30. The minimum Gasteiger partial charge on any atom is -0.392 e. The van der Waals surface area contributed by atoms with Gasteiger partial charge in [-0.3, -0.25) is 0 Å². The summed E-state index contributed by atoms with van der Waals surface area (Å²) in [5.74, 6) is -0.668. The number of aliphatic hydroxyl groups excluding tert-OH is 1. The molecule has 0 aliphatic carbocycles. The van der Waals surface area contributed by atoms with Gasteiger partial charge in [0.15, 0.2) is 0 Å². The van der Waals surface area contributed by atoms with Crippen LogP contribution < -0.4 is 5.73 Å². The van der Waals surface area contributed by atoms with Crippen LogP contribution in [0.1, 0.15) is 29.0 Å². The maximum atomic E-state index is 13.8. The quantitative estimate of drug-likeness (QED) is 0.857. The molecule has 0 spiro atoms. The number of benzene rings is 2. The van der Waals surface area contributed by atoms with Crippen LogP contribution in [0.5, 0.6) is 0 Å². The van der Waals surface area contributed by atoms with Crippen molar-refractivity contribution in [2.45, 2.75) is 31.8 Å². The molecule has 0 bridgehead atoms. The van der Waals surface area contributed by atoms with Gasteiger partial charge in [-0.1, -0.05) is 42.5 Å². The largest absolute Gasteiger partial charge is 0.392 e. The van der Waals surface area contributed by atoms with Crippen molar-refractivity contribution in [1.29, 1.82) is 0 Å². The summed E-state index contributed by atoms with van der Waals surface area (Å²) in [6, 6.07) is 14.6. The van der Waals surface area contributed by atoms with Gasteiger partial charge in [0.25, 0.3) is 0 Å². The molecule has 0 aliphatic rings. The highest BCUT2D eigenvalue weighted by molar-refractivity contribution is 5.26. The predicted octanol–water partition coefficient (Wildman–Crippen LogP) is 3.17. The van der Waals surface area contributed by atoms with Gasteiger partial charge in [-0.2, -0.15) is 0 Å². The lowest BCUT2D eigenvalue weighted by Crippen LogP contribution is -2.27. The Balaban J connectivity index is 2.06. The third-order valence-electron chi connectivity index (χ3n) is 3.99. The van der Waals surface area contributed by atoms with Crippen LogP contribution in [-0.2, 0) is 6.42 Å². The molecular formula is C18H22FNO. The van der Waals surface area contributed by atoms with E-state index in [0.29, 0.717) is 12.0 Å². The second-order valence-electron chi connectivity index (χ2n) is 5.40. The van der Waals surface area contributed by atoms with Crippen LogP contribution in [0.4, 0.5) is 4.39 Å². The number of nitrogens with two attached hydrogens (primary N) is 1. The van der Waals surface area contributed by atoms with Gasteiger partial charge in [0.1, 0.15) is 5.82 Å². The summed E-state index contributed by atoms with van der Waals surface area (Å²) in [6.07, 6.45) is 0.686. The number of aliphatic hydroxyl groups is 1. The van der Waals surface area contributed by atoms with Crippen LogP contribution in [0.15, 0.2) is 48.5 Å². The van der Waals surface area contributed by atoms with Crippen LogP contribution in [0.25, 0.3) is 0 Å². The van der Waals surface area contributed by atoms with E-state index in [4.69, 9.17) is 5.73 Å². The molecule has 0 radical (unpaired) electrons. The van der Waals surface area contributed by atoms with E-state index in [0.717, 1.165) is 6.42 Å². The van der Waals surface area contributed by atoms with Gasteiger partial charge in [-0.05, 0) is 42.5 Å². The van der Waals surface area contributed by atoms with Crippen molar-refractivity contribution in [2.24, 2.45) is 5.73 Å². The van der Waals surface area contributed by atoms with Crippen molar-refractivity contribution < 1.29 is 9.50 Å². The molecule has 0 saturated carbocycles. The first-order chi connectivity index (χ1) is 10.1. The van der Waals surface area contributed by atoms with Crippen LogP contribution in [0, 0.1) is 12.7 Å². The van der Waals surface area contributed by atoms with Crippen molar-refractivity contribution in [2.75, 3.05) is 6.54 Å². The third kappa shape index (κ3) is 3.90. The number of aryl methyl sites for hydroxylation is 2. The molecule has 0 saturated heterocycles. The summed E-state index contributed by atoms with van der Waals surface area (Å²) in [7, 11) is 0. The van der Waals surface area contributed by atoms with Crippen LogP contribution in [-0.4, -0.2) is 17.8 Å². The lowest BCUT2D eigenvalue weighted by Gasteiger charge is -2.22. The highest BCUT2D eigenvalue weighted by Crippen LogP contribution is 2.24. The Morgan fingerprint density at radius 2 is 1.76 bits per heavy atom. The zero-order valence-corrected chi connectivity index (χ0v) is 12.3. The molecule has 2 aromatic rings. The Hall–Kier alpha value is -1.71. The molecule has 3 N–H and O–H groups in total. The SMILES string of the molecule is Cc1ccccc1CCC(O)C(CN)c1ccccc1F. The molecule has 0 aromatic heterocycles. The fourth-order valence-electron chi connectivity index (χ4n) is 2.66. The summed E-state index contributed by atoms with van der Waals surface area (Å²) in [5.41, 5.74) is 8.66. The van der Waals surface area contributed by atoms with Crippen molar-refractivity contribution >= 4 is 0 Å². The molecule has 2 aromatic carbocycles. The van der Waals surface area contributed by atoms with E-state index in [9.17, 15) is 9.50 Å². The van der Waals surface area contributed by atoms with Gasteiger partial charge in [0.05, 0.1) is 6.10 Å². The summed E-state index contributed by atoms with van der Waals surface area (Å²) in [4.78, 5) is 0. The van der Waals surface area contributed by atoms with Crippen molar-refractivity contribution in [1.82, 2.24) is 0 Å². The molecule has 0 amide bonds. The lowest BCUT2D eigenvalue weighted by atomic mass is 9.89. The standard InChI is InChI=1S/C18H22FNO/c1-13-6-2-3-7-14(13)10-11-18(21)16(12-20)15-8-4-5-9-17(15)19/h2-9,16,18,21H,10-12,20H2,1H3. The molecule has 3 heteroatoms. The first kappa shape index (κ1) is 15.7. The predicted molar refractivity (Wildman–Crippen MR) is 83.7 cm³/mol. The van der Waals surface area contributed by atoms with E-state index >= 15 is 0 Å². The smallest absolute Gasteiger partial charge is 0.126 e. The zero-order valence-electron chi connectivity index (χ0n) is 12.3. The first-order valence-corrected chi connectivity index (χ1v) is 7.30. The molecule has 21 heavy (non-hydrogen) atoms. The zero-order chi connectivity index (χ0) is 15.2. The minimum absolute atomic E-state index is 0.232. The summed E-state index contributed by atoms with van der Waals surface area (Å²) in [6.45, 7) is 2.29. The van der Waals surface area contributed by atoms with E-state index in [1.165, 1.54) is 17.2 Å². The fourth-order valence-corrected chi connectivity index (χ4v) is 2.66. The molecule has 112 valence electrons. The van der Waals surface area contributed by atoms with Gasteiger partial charge in [-0.15, -0.1) is 0 Å². The minimum atomic E-state index is -0.647. The molecule has 2 unspecified atom stereocenters. The maximum Gasteiger partial charge on any atom is 0.126 e. The van der Waals surface area contributed by atoms with Crippen LogP contribution in [0.2, 0.25) is 0 Å². The van der Waals surface area contributed by atoms with Gasteiger partial charge >= 0.3 is 0 Å². The van der Waals surface area contributed by atoms with Gasteiger partial charge < -0.3 is 10.8 Å². The summed E-state index contributed by atoms with van der Waals surface area (Å²) in [5, 5.41) is 10.4. The number of halogens is 1. The van der Waals surface area contributed by atoms with Crippen molar-refractivity contribution in [3.63, 3.8) is 0 Å². The van der Waals surface area contributed by atoms with Gasteiger partial charge in [-0.25, -0.2) is 4.39 Å². The highest BCUT2D eigenvalue weighted by atomic mass is 19.1. The normalized spacial score (nSPS) is 13.9. The molecule has 0 heterocycles. The highest BCUT2D eigenvalue weighted by Gasteiger charge is 2.22. The molecular weight excluding hydrogens is 265 g/mol. The number of hydrogen-bond acceptors (Lipinski definition) is 2. The maximum absolute atomic E-state index is 13.8. The Morgan fingerprint density at radius 1 is 1.10 bits per heavy atom. The lowest BCUT2D eigenvalue weighted by molar-refractivity contribution is 0.134. The Bertz CT molecular complexity index is 585. The van der Waals surface area contributed by atoms with Crippen LogP contribution in [0.3, 0.4) is 0 Å². The Kier molecular flexibility index (Phi) is 5.48. The van der Waals surface area contributed by atoms with E-state index in [2.05, 4.69) is 19.1 Å². The Labute approximate surface area is 125 Å². The average Bonchev–Trinajstić information content (AvgIpc) is 2.49. The van der Waals surface area contributed by atoms with Gasteiger partial charge in [0.2, 0.25) is 0 Å². The molecule has 2 nitrogen and oxygen atoms in total. The molecule has 2 rings (SSSR count). The summed E-state index contributed by atoms with van der Waals surface area (Å²) >= 11 is 0. The second-order valence-corrected chi connectivity index (χ2v) is 5.40. The second kappa shape index (κ2) is 7.34. The fraction of sp³-hybridized carbons (Fsp3) is 0.333. The van der Waals surface area contributed by atoms with E-state index in [1.54, 1.807) is 18.2 Å². The van der Waals surface area contributed by atoms with E-state index < -0.39 is 6.10 Å². The topological polar surface area (TPSA) is 46.2 Å². The van der Waals surface area contributed by atoms with Gasteiger partial charge in [0, 0.05) is 12.5 Å². The van der Waals surface area contributed by atoms with Crippen molar-refractivity contribution in [3.8, 4) is 0 Å². The van der Waals surface area contributed by atoms with E-state index in [-0.39, 0.29) is 18.3 Å². The number of rotatable bonds is 6. The Morgan fingerprint density at radius 3 is 2.43 bits per heavy atom. The van der Waals surface area contributed by atoms with E-state index in [1.807, 2.05) is 12.1 Å². The van der Waals surface area contributed by atoms with Crippen LogP contribution >= 0.6 is 0 Å². The third-order valence-corrected chi connectivity index (χ3v) is 3.99. The number of hydrogen-bond donors (Lipinski definition) is 2. The molecule has 2 atom stereocenters. The average molecular weight is 287 g/mol. The molecule has 0 aliphatic heterocycles. The monoisotopic (exact) mass is 287 g/mol.